The van der Waals surface area contributed by atoms with Gasteiger partial charge in [0.05, 0.1) is 12.5 Å². The Morgan fingerprint density at radius 3 is 2.49 bits per heavy atom. The summed E-state index contributed by atoms with van der Waals surface area (Å²) in [5.74, 6) is -0.0587. The maximum atomic E-state index is 13.4. The average molecular weight is 492 g/mol. The second-order valence-electron chi connectivity index (χ2n) is 10.4. The molecule has 0 radical (unpaired) electrons. The molecule has 2 N–H and O–H groups in total. The highest BCUT2D eigenvalue weighted by Gasteiger charge is 2.36. The lowest BCUT2D eigenvalue weighted by molar-refractivity contribution is -0.140. The fourth-order valence-corrected chi connectivity index (χ4v) is 5.11. The molecule has 0 spiro atoms. The van der Waals surface area contributed by atoms with E-state index in [1.54, 1.807) is 30.3 Å². The van der Waals surface area contributed by atoms with Crippen LogP contribution in [-0.4, -0.2) is 34.4 Å². The second-order valence-corrected chi connectivity index (χ2v) is 10.4. The Kier molecular flexibility index (Phi) is 6.88. The number of ether oxygens (including phenoxy) is 1. The van der Waals surface area contributed by atoms with Gasteiger partial charge in [-0.2, -0.15) is 13.2 Å². The summed E-state index contributed by atoms with van der Waals surface area (Å²) in [6, 6.07) is 8.34. The van der Waals surface area contributed by atoms with E-state index in [2.05, 4.69) is 13.8 Å². The van der Waals surface area contributed by atoms with Crippen molar-refractivity contribution in [3.8, 4) is 0 Å². The highest BCUT2D eigenvalue weighted by atomic mass is 19.4. The topological polar surface area (TPSA) is 77.6 Å². The van der Waals surface area contributed by atoms with Crippen molar-refractivity contribution in [3.05, 3.63) is 63.4 Å². The Labute approximate surface area is 202 Å². The molecule has 1 aliphatic carbocycles. The van der Waals surface area contributed by atoms with Gasteiger partial charge in [-0.3, -0.25) is 9.36 Å². The van der Waals surface area contributed by atoms with E-state index in [1.165, 1.54) is 11.0 Å². The van der Waals surface area contributed by atoms with Crippen LogP contribution in [0.2, 0.25) is 0 Å². The molecule has 1 aromatic heterocycles. The molecule has 9 heteroatoms. The molecule has 2 heterocycles. The van der Waals surface area contributed by atoms with E-state index in [4.69, 9.17) is 10.5 Å². The smallest absolute Gasteiger partial charge is 0.410 e. The lowest BCUT2D eigenvalue weighted by Crippen LogP contribution is -2.42. The third-order valence-corrected chi connectivity index (χ3v) is 7.19. The number of alkyl halides is 3. The van der Waals surface area contributed by atoms with E-state index in [9.17, 15) is 22.8 Å². The number of nitrogen functional groups attached to an aromatic ring is 1. The van der Waals surface area contributed by atoms with E-state index in [0.717, 1.165) is 30.3 Å². The van der Waals surface area contributed by atoms with Crippen LogP contribution in [0.15, 0.2) is 41.2 Å². The van der Waals surface area contributed by atoms with Gasteiger partial charge in [0.15, 0.2) is 0 Å². The van der Waals surface area contributed by atoms with Crippen molar-refractivity contribution in [2.45, 2.75) is 77.2 Å². The minimum absolute atomic E-state index is 0.0587. The molecule has 1 saturated carbocycles. The van der Waals surface area contributed by atoms with Crippen LogP contribution in [0.25, 0.3) is 0 Å². The summed E-state index contributed by atoms with van der Waals surface area (Å²) in [7, 11) is 0. The van der Waals surface area contributed by atoms with Crippen molar-refractivity contribution in [2.75, 3.05) is 12.3 Å². The lowest BCUT2D eigenvalue weighted by atomic mass is 9.76. The number of fused-ring (bicyclic) bond motifs is 1. The number of nitrogens with two attached hydrogens (primary N) is 1. The Bertz CT molecular complexity index is 1120. The summed E-state index contributed by atoms with van der Waals surface area (Å²) < 4.78 is 47.1. The first-order chi connectivity index (χ1) is 16.4. The van der Waals surface area contributed by atoms with Gasteiger partial charge in [-0.15, -0.1) is 0 Å². The van der Waals surface area contributed by atoms with Gasteiger partial charge in [0.1, 0.15) is 11.9 Å². The SMILES string of the molecule is CC1(C)CCC(OC(=O)N2CCc3c(cc(N)n(C(CC(F)(F)F)c4ccccc4)c3=O)C2)CC1. The zero-order valence-electron chi connectivity index (χ0n) is 20.1. The van der Waals surface area contributed by atoms with Crippen molar-refractivity contribution >= 4 is 11.9 Å². The van der Waals surface area contributed by atoms with Crippen molar-refractivity contribution in [2.24, 2.45) is 5.41 Å². The number of halogens is 3. The van der Waals surface area contributed by atoms with Crippen LogP contribution in [0.4, 0.5) is 23.8 Å². The van der Waals surface area contributed by atoms with Gasteiger partial charge in [-0.1, -0.05) is 44.2 Å². The lowest BCUT2D eigenvalue weighted by Gasteiger charge is -2.36. The predicted molar refractivity (Wildman–Crippen MR) is 127 cm³/mol. The van der Waals surface area contributed by atoms with Crippen LogP contribution in [0.1, 0.15) is 68.7 Å². The van der Waals surface area contributed by atoms with Gasteiger partial charge >= 0.3 is 12.3 Å². The molecule has 35 heavy (non-hydrogen) atoms. The largest absolute Gasteiger partial charge is 0.446 e. The number of hydrogen-bond donors (Lipinski definition) is 1. The molecule has 1 unspecified atom stereocenters. The Morgan fingerprint density at radius 2 is 1.86 bits per heavy atom. The minimum Gasteiger partial charge on any atom is -0.446 e. The summed E-state index contributed by atoms with van der Waals surface area (Å²) in [6.45, 7) is 4.82. The first kappa shape index (κ1) is 25.1. The van der Waals surface area contributed by atoms with Crippen molar-refractivity contribution in [1.82, 2.24) is 9.47 Å². The molecular weight excluding hydrogens is 459 g/mol. The molecule has 1 aliphatic heterocycles. The van der Waals surface area contributed by atoms with Gasteiger partial charge in [-0.25, -0.2) is 4.79 Å². The van der Waals surface area contributed by atoms with Crippen molar-refractivity contribution < 1.29 is 22.7 Å². The number of hydrogen-bond acceptors (Lipinski definition) is 4. The van der Waals surface area contributed by atoms with Gasteiger partial charge in [0.2, 0.25) is 0 Å². The standard InChI is InChI=1S/C26H32F3N3O3/c1-25(2)11-8-19(9-12-25)35-24(34)31-13-10-20-18(16-31)14-22(30)32(23(20)33)21(15-26(27,28)29)17-6-4-3-5-7-17/h3-7,14,19,21H,8-13,15-16,30H2,1-2H3. The molecule has 1 atom stereocenters. The maximum absolute atomic E-state index is 13.4. The van der Waals surface area contributed by atoms with Crippen molar-refractivity contribution in [1.29, 1.82) is 0 Å². The van der Waals surface area contributed by atoms with E-state index in [-0.39, 0.29) is 36.8 Å². The molecule has 1 fully saturated rings. The molecule has 6 nitrogen and oxygen atoms in total. The average Bonchev–Trinajstić information content (AvgIpc) is 2.79. The summed E-state index contributed by atoms with van der Waals surface area (Å²) in [5, 5.41) is 0. The third-order valence-electron chi connectivity index (χ3n) is 7.19. The van der Waals surface area contributed by atoms with Crippen LogP contribution in [-0.2, 0) is 17.7 Å². The van der Waals surface area contributed by atoms with Gasteiger partial charge in [0.25, 0.3) is 5.56 Å². The first-order valence-electron chi connectivity index (χ1n) is 12.0. The molecule has 0 saturated heterocycles. The Morgan fingerprint density at radius 1 is 1.20 bits per heavy atom. The quantitative estimate of drug-likeness (QED) is 0.618. The minimum atomic E-state index is -4.49. The van der Waals surface area contributed by atoms with Crippen LogP contribution >= 0.6 is 0 Å². The van der Waals surface area contributed by atoms with E-state index in [0.29, 0.717) is 16.7 Å². The van der Waals surface area contributed by atoms with Crippen molar-refractivity contribution in [3.63, 3.8) is 0 Å². The number of pyridine rings is 1. The highest BCUT2D eigenvalue weighted by molar-refractivity contribution is 5.68. The summed E-state index contributed by atoms with van der Waals surface area (Å²) in [6.07, 6.45) is -2.40. The second kappa shape index (κ2) is 9.59. The van der Waals surface area contributed by atoms with Gasteiger partial charge < -0.3 is 15.4 Å². The van der Waals surface area contributed by atoms with Gasteiger partial charge in [-0.05, 0) is 54.7 Å². The maximum Gasteiger partial charge on any atom is 0.410 e. The summed E-state index contributed by atoms with van der Waals surface area (Å²) in [5.41, 5.74) is 7.18. The number of carbonyl (C=O) groups is 1. The Hall–Kier alpha value is -2.97. The number of carbonyl (C=O) groups excluding carboxylic acids is 1. The predicted octanol–water partition coefficient (Wildman–Crippen LogP) is 5.44. The number of benzene rings is 1. The fraction of sp³-hybridized carbons (Fsp3) is 0.538. The fourth-order valence-electron chi connectivity index (χ4n) is 5.11. The number of nitrogens with zero attached hydrogens (tertiary/aromatic N) is 2. The van der Waals surface area contributed by atoms with Crippen LogP contribution in [0.3, 0.4) is 0 Å². The molecule has 1 amide bonds. The summed E-state index contributed by atoms with van der Waals surface area (Å²) >= 11 is 0. The molecule has 4 rings (SSSR count). The number of rotatable bonds is 4. The van der Waals surface area contributed by atoms with Crippen LogP contribution in [0.5, 0.6) is 0 Å². The van der Waals surface area contributed by atoms with E-state index in [1.807, 2.05) is 0 Å². The van der Waals surface area contributed by atoms with E-state index >= 15 is 0 Å². The number of aromatic nitrogens is 1. The monoisotopic (exact) mass is 491 g/mol. The molecule has 0 bridgehead atoms. The zero-order valence-corrected chi connectivity index (χ0v) is 20.1. The molecule has 2 aliphatic rings. The first-order valence-corrected chi connectivity index (χ1v) is 12.0. The van der Waals surface area contributed by atoms with E-state index < -0.39 is 30.3 Å². The Balaban J connectivity index is 1.56. The molecule has 1 aromatic carbocycles. The number of amides is 1. The molecule has 190 valence electrons. The number of anilines is 1. The van der Waals surface area contributed by atoms with Gasteiger partial charge in [0, 0.05) is 18.7 Å². The summed E-state index contributed by atoms with van der Waals surface area (Å²) in [4.78, 5) is 27.7. The zero-order chi connectivity index (χ0) is 25.4. The normalized spacial score (nSPS) is 19.2. The van der Waals surface area contributed by atoms with Crippen LogP contribution in [0, 0.1) is 5.41 Å². The van der Waals surface area contributed by atoms with Crippen LogP contribution < -0.4 is 11.3 Å². The molecular formula is C26H32F3N3O3. The molecule has 2 aromatic rings. The third kappa shape index (κ3) is 5.82. The highest BCUT2D eigenvalue weighted by Crippen LogP contribution is 2.37.